The molecule has 0 bridgehead atoms. The van der Waals surface area contributed by atoms with Gasteiger partial charge in [0.2, 0.25) is 0 Å². The van der Waals surface area contributed by atoms with Crippen LogP contribution in [-0.2, 0) is 0 Å². The van der Waals surface area contributed by atoms with Gasteiger partial charge in [-0.05, 0) is 37.5 Å². The minimum atomic E-state index is 0.622. The van der Waals surface area contributed by atoms with E-state index in [0.29, 0.717) is 10.8 Å². The number of fused-ring (bicyclic) bond motifs is 1. The van der Waals surface area contributed by atoms with Crippen LogP contribution in [0, 0.1) is 10.8 Å². The molecule has 1 nitrogen and oxygen atoms in total. The fraction of sp³-hybridized carbons (Fsp3) is 1.00. The molecule has 0 aromatic rings. The van der Waals surface area contributed by atoms with Crippen molar-refractivity contribution < 1.29 is 0 Å². The zero-order valence-electron chi connectivity index (χ0n) is 9.56. The molecule has 1 aliphatic carbocycles. The van der Waals surface area contributed by atoms with Crippen LogP contribution in [0.1, 0.15) is 47.0 Å². The Balaban J connectivity index is 2.18. The van der Waals surface area contributed by atoms with Gasteiger partial charge in [0.05, 0.1) is 0 Å². The van der Waals surface area contributed by atoms with E-state index < -0.39 is 0 Å². The minimum absolute atomic E-state index is 0.622. The van der Waals surface area contributed by atoms with Crippen molar-refractivity contribution in [2.75, 3.05) is 13.1 Å². The molecule has 0 spiro atoms. The zero-order valence-corrected chi connectivity index (χ0v) is 9.56. The van der Waals surface area contributed by atoms with Crippen LogP contribution in [0.3, 0.4) is 0 Å². The summed E-state index contributed by atoms with van der Waals surface area (Å²) < 4.78 is 0. The Morgan fingerprint density at radius 3 is 1.85 bits per heavy atom. The number of hydrogen-bond donors (Lipinski definition) is 0. The molecular formula is C12H23N. The highest BCUT2D eigenvalue weighted by Gasteiger charge is 2.54. The first-order valence-corrected chi connectivity index (χ1v) is 5.71. The first-order valence-electron chi connectivity index (χ1n) is 5.71. The van der Waals surface area contributed by atoms with Crippen molar-refractivity contribution in [1.29, 1.82) is 0 Å². The predicted octanol–water partition coefficient (Wildman–Crippen LogP) is 2.91. The van der Waals surface area contributed by atoms with Crippen LogP contribution in [0.4, 0.5) is 0 Å². The van der Waals surface area contributed by atoms with Crippen LogP contribution < -0.4 is 0 Å². The van der Waals surface area contributed by atoms with E-state index in [1.165, 1.54) is 32.4 Å². The number of hydrogen-bond acceptors (Lipinski definition) is 1. The topological polar surface area (TPSA) is 3.24 Å². The van der Waals surface area contributed by atoms with E-state index in [0.717, 1.165) is 6.04 Å². The lowest BCUT2D eigenvalue weighted by molar-refractivity contribution is 0.184. The van der Waals surface area contributed by atoms with Crippen molar-refractivity contribution in [3.63, 3.8) is 0 Å². The predicted molar refractivity (Wildman–Crippen MR) is 56.8 cm³/mol. The summed E-state index contributed by atoms with van der Waals surface area (Å²) >= 11 is 0. The summed E-state index contributed by atoms with van der Waals surface area (Å²) in [5.41, 5.74) is 1.24. The van der Waals surface area contributed by atoms with E-state index >= 15 is 0 Å². The van der Waals surface area contributed by atoms with Crippen LogP contribution in [-0.4, -0.2) is 24.0 Å². The quantitative estimate of drug-likeness (QED) is 0.601. The van der Waals surface area contributed by atoms with E-state index in [1.807, 2.05) is 0 Å². The lowest BCUT2D eigenvalue weighted by atomic mass is 9.71. The average molecular weight is 181 g/mol. The van der Waals surface area contributed by atoms with Crippen molar-refractivity contribution in [3.05, 3.63) is 0 Å². The molecule has 2 fully saturated rings. The second-order valence-electron chi connectivity index (χ2n) is 5.97. The third kappa shape index (κ3) is 1.24. The number of likely N-dealkylation sites (tertiary alicyclic amines) is 1. The molecule has 2 rings (SSSR count). The maximum atomic E-state index is 2.67. The molecule has 0 aromatic heterocycles. The van der Waals surface area contributed by atoms with Gasteiger partial charge in [-0.2, -0.15) is 0 Å². The number of nitrogens with zero attached hydrogens (tertiary/aromatic N) is 1. The highest BCUT2D eigenvalue weighted by molar-refractivity contribution is 5.06. The Kier molecular flexibility index (Phi) is 1.99. The van der Waals surface area contributed by atoms with Gasteiger partial charge in [0.15, 0.2) is 0 Å². The molecule has 1 heteroatoms. The van der Waals surface area contributed by atoms with Crippen LogP contribution in [0.25, 0.3) is 0 Å². The standard InChI is InChI=1S/C12H23N/c1-10(2)13-8-11(3)6-5-7-12(11,4)9-13/h10H,5-9H2,1-4H3. The summed E-state index contributed by atoms with van der Waals surface area (Å²) in [5.74, 6) is 0. The summed E-state index contributed by atoms with van der Waals surface area (Å²) in [7, 11) is 0. The average Bonchev–Trinajstić information content (AvgIpc) is 2.38. The summed E-state index contributed by atoms with van der Waals surface area (Å²) in [6.07, 6.45) is 4.36. The molecule has 0 N–H and O–H groups in total. The van der Waals surface area contributed by atoms with Crippen LogP contribution >= 0.6 is 0 Å². The van der Waals surface area contributed by atoms with E-state index in [2.05, 4.69) is 32.6 Å². The fourth-order valence-corrected chi connectivity index (χ4v) is 3.33. The van der Waals surface area contributed by atoms with Gasteiger partial charge in [0, 0.05) is 19.1 Å². The van der Waals surface area contributed by atoms with Gasteiger partial charge in [-0.25, -0.2) is 0 Å². The van der Waals surface area contributed by atoms with Crippen molar-refractivity contribution in [3.8, 4) is 0 Å². The van der Waals surface area contributed by atoms with Crippen LogP contribution in [0.5, 0.6) is 0 Å². The molecule has 0 radical (unpaired) electrons. The third-order valence-electron chi connectivity index (χ3n) is 4.75. The molecule has 2 aliphatic rings. The van der Waals surface area contributed by atoms with Crippen LogP contribution in [0.15, 0.2) is 0 Å². The Bertz CT molecular complexity index is 193. The van der Waals surface area contributed by atoms with Crippen molar-refractivity contribution in [2.45, 2.75) is 53.0 Å². The maximum absolute atomic E-state index is 2.67. The molecule has 76 valence electrons. The van der Waals surface area contributed by atoms with E-state index in [-0.39, 0.29) is 0 Å². The lowest BCUT2D eigenvalue weighted by Crippen LogP contribution is -2.30. The number of rotatable bonds is 1. The van der Waals surface area contributed by atoms with E-state index in [9.17, 15) is 0 Å². The normalized spacial score (nSPS) is 45.9. The minimum Gasteiger partial charge on any atom is -0.300 e. The summed E-state index contributed by atoms with van der Waals surface area (Å²) in [6, 6.07) is 0.735. The highest BCUT2D eigenvalue weighted by Crippen LogP contribution is 2.57. The summed E-state index contributed by atoms with van der Waals surface area (Å²) in [6.45, 7) is 12.3. The van der Waals surface area contributed by atoms with Crippen LogP contribution in [0.2, 0.25) is 0 Å². The Morgan fingerprint density at radius 2 is 1.46 bits per heavy atom. The van der Waals surface area contributed by atoms with Gasteiger partial charge in [0.25, 0.3) is 0 Å². The first kappa shape index (κ1) is 9.51. The van der Waals surface area contributed by atoms with Crippen molar-refractivity contribution >= 4 is 0 Å². The molecular weight excluding hydrogens is 158 g/mol. The monoisotopic (exact) mass is 181 g/mol. The second-order valence-corrected chi connectivity index (χ2v) is 5.97. The largest absolute Gasteiger partial charge is 0.300 e. The Labute approximate surface area is 82.5 Å². The molecule has 13 heavy (non-hydrogen) atoms. The molecule has 0 amide bonds. The summed E-state index contributed by atoms with van der Waals surface area (Å²) in [5, 5.41) is 0. The molecule has 2 atom stereocenters. The molecule has 0 aromatic carbocycles. The van der Waals surface area contributed by atoms with Gasteiger partial charge >= 0.3 is 0 Å². The van der Waals surface area contributed by atoms with Gasteiger partial charge in [-0.3, -0.25) is 4.90 Å². The van der Waals surface area contributed by atoms with E-state index in [4.69, 9.17) is 0 Å². The second kappa shape index (κ2) is 2.73. The Morgan fingerprint density at radius 1 is 1.00 bits per heavy atom. The maximum Gasteiger partial charge on any atom is 0.00440 e. The fourth-order valence-electron chi connectivity index (χ4n) is 3.33. The first-order chi connectivity index (χ1) is 5.97. The van der Waals surface area contributed by atoms with Crippen molar-refractivity contribution in [1.82, 2.24) is 4.90 Å². The SMILES string of the molecule is CC(C)N1CC2(C)CCCC2(C)C1. The molecule has 1 saturated carbocycles. The molecule has 1 aliphatic heterocycles. The Hall–Kier alpha value is -0.0400. The molecule has 1 heterocycles. The molecule has 2 unspecified atom stereocenters. The van der Waals surface area contributed by atoms with Gasteiger partial charge in [-0.15, -0.1) is 0 Å². The highest BCUT2D eigenvalue weighted by atomic mass is 15.2. The molecule has 1 saturated heterocycles. The van der Waals surface area contributed by atoms with Gasteiger partial charge < -0.3 is 0 Å². The van der Waals surface area contributed by atoms with E-state index in [1.54, 1.807) is 0 Å². The third-order valence-corrected chi connectivity index (χ3v) is 4.75. The smallest absolute Gasteiger partial charge is 0.00440 e. The van der Waals surface area contributed by atoms with Gasteiger partial charge in [-0.1, -0.05) is 20.3 Å². The zero-order chi connectivity index (χ0) is 9.69. The van der Waals surface area contributed by atoms with Crippen molar-refractivity contribution in [2.24, 2.45) is 10.8 Å². The lowest BCUT2D eigenvalue weighted by Gasteiger charge is -2.32. The van der Waals surface area contributed by atoms with Gasteiger partial charge in [0.1, 0.15) is 0 Å². The summed E-state index contributed by atoms with van der Waals surface area (Å²) in [4.78, 5) is 2.67.